The van der Waals surface area contributed by atoms with Crippen molar-refractivity contribution in [2.24, 2.45) is 0 Å². The average Bonchev–Trinajstić information content (AvgIpc) is 2.72. The molecule has 0 atom stereocenters. The smallest absolute Gasteiger partial charge is 0.243 e. The summed E-state index contributed by atoms with van der Waals surface area (Å²) in [5.74, 6) is 0.659. The molecule has 160 valence electrons. The zero-order chi connectivity index (χ0) is 20.2. The summed E-state index contributed by atoms with van der Waals surface area (Å²) in [6, 6.07) is 6.53. The van der Waals surface area contributed by atoms with Gasteiger partial charge in [-0.15, -0.1) is 0 Å². The van der Waals surface area contributed by atoms with Gasteiger partial charge in [0, 0.05) is 32.7 Å². The maximum Gasteiger partial charge on any atom is 0.243 e. The lowest BCUT2D eigenvalue weighted by Gasteiger charge is -2.29. The van der Waals surface area contributed by atoms with Gasteiger partial charge >= 0.3 is 0 Å². The van der Waals surface area contributed by atoms with Crippen LogP contribution in [0.3, 0.4) is 0 Å². The van der Waals surface area contributed by atoms with E-state index >= 15 is 0 Å². The van der Waals surface area contributed by atoms with Gasteiger partial charge in [-0.3, -0.25) is 4.90 Å². The molecule has 0 radical (unpaired) electrons. The predicted molar refractivity (Wildman–Crippen MR) is 106 cm³/mol. The fourth-order valence-corrected chi connectivity index (χ4v) is 4.25. The van der Waals surface area contributed by atoms with Crippen molar-refractivity contribution in [3.05, 3.63) is 24.3 Å². The van der Waals surface area contributed by atoms with Crippen molar-refractivity contribution in [3.63, 3.8) is 0 Å². The summed E-state index contributed by atoms with van der Waals surface area (Å²) >= 11 is 0. The van der Waals surface area contributed by atoms with E-state index in [0.717, 1.165) is 19.5 Å². The summed E-state index contributed by atoms with van der Waals surface area (Å²) in [6.45, 7) is 7.17. The van der Waals surface area contributed by atoms with E-state index in [2.05, 4.69) is 4.90 Å². The zero-order valence-electron chi connectivity index (χ0n) is 16.6. The molecule has 1 heterocycles. The van der Waals surface area contributed by atoms with Gasteiger partial charge in [0.25, 0.3) is 0 Å². The van der Waals surface area contributed by atoms with Gasteiger partial charge in [-0.2, -0.15) is 4.31 Å². The molecule has 1 aliphatic rings. The van der Waals surface area contributed by atoms with Gasteiger partial charge in [0.1, 0.15) is 5.75 Å². The van der Waals surface area contributed by atoms with Crippen LogP contribution in [0, 0.1) is 0 Å². The van der Waals surface area contributed by atoms with E-state index in [1.807, 2.05) is 6.92 Å². The Morgan fingerprint density at radius 1 is 1.11 bits per heavy atom. The Morgan fingerprint density at radius 2 is 1.82 bits per heavy atom. The molecule has 0 aromatic heterocycles. The average molecular weight is 417 g/mol. The van der Waals surface area contributed by atoms with Gasteiger partial charge < -0.3 is 19.3 Å². The lowest BCUT2D eigenvalue weighted by atomic mass is 10.3. The van der Waals surface area contributed by atoms with Gasteiger partial charge in [-0.05, 0) is 30.7 Å². The van der Waals surface area contributed by atoms with Gasteiger partial charge in [0.15, 0.2) is 0 Å². The number of ether oxygens (including phenoxy) is 3. The van der Waals surface area contributed by atoms with Crippen molar-refractivity contribution in [3.8, 4) is 5.75 Å². The molecule has 0 bridgehead atoms. The first-order valence-electron chi connectivity index (χ1n) is 9.79. The molecule has 28 heavy (non-hydrogen) atoms. The molecule has 0 saturated carbocycles. The van der Waals surface area contributed by atoms with Crippen molar-refractivity contribution < 1.29 is 27.7 Å². The lowest BCUT2D eigenvalue weighted by molar-refractivity contribution is 0.0348. The second kappa shape index (κ2) is 12.4. The van der Waals surface area contributed by atoms with Crippen molar-refractivity contribution in [1.29, 1.82) is 0 Å². The Labute approximate surface area is 168 Å². The Hall–Kier alpha value is -1.23. The summed E-state index contributed by atoms with van der Waals surface area (Å²) in [4.78, 5) is 2.43. The van der Waals surface area contributed by atoms with Crippen molar-refractivity contribution in [1.82, 2.24) is 9.21 Å². The zero-order valence-corrected chi connectivity index (χ0v) is 17.4. The van der Waals surface area contributed by atoms with Crippen LogP contribution < -0.4 is 4.74 Å². The molecule has 2 rings (SSSR count). The summed E-state index contributed by atoms with van der Waals surface area (Å²) in [5, 5.41) is 8.84. The second-order valence-corrected chi connectivity index (χ2v) is 8.45. The minimum Gasteiger partial charge on any atom is -0.494 e. The first kappa shape index (κ1) is 23.1. The molecular formula is C19H32N2O6S. The molecule has 1 aromatic rings. The minimum absolute atomic E-state index is 0.0836. The van der Waals surface area contributed by atoms with Gasteiger partial charge in [0.05, 0.1) is 44.5 Å². The summed E-state index contributed by atoms with van der Waals surface area (Å²) < 4.78 is 43.9. The monoisotopic (exact) mass is 416 g/mol. The van der Waals surface area contributed by atoms with Crippen LogP contribution in [-0.2, 0) is 19.5 Å². The van der Waals surface area contributed by atoms with Crippen LogP contribution in [0.4, 0.5) is 0 Å². The molecular weight excluding hydrogens is 384 g/mol. The quantitative estimate of drug-likeness (QED) is 0.476. The number of benzene rings is 1. The topological polar surface area (TPSA) is 88.5 Å². The summed E-state index contributed by atoms with van der Waals surface area (Å²) in [5.41, 5.74) is 0. The maximum absolute atomic E-state index is 13.1. The molecule has 9 heteroatoms. The first-order valence-corrected chi connectivity index (χ1v) is 11.2. The second-order valence-electron chi connectivity index (χ2n) is 6.51. The van der Waals surface area contributed by atoms with Crippen LogP contribution in [0.1, 0.15) is 13.3 Å². The van der Waals surface area contributed by atoms with Crippen molar-refractivity contribution in [2.45, 2.75) is 18.2 Å². The highest BCUT2D eigenvalue weighted by molar-refractivity contribution is 7.89. The van der Waals surface area contributed by atoms with Crippen LogP contribution in [-0.4, -0.2) is 95.1 Å². The Bertz CT molecular complexity index is 647. The maximum atomic E-state index is 13.1. The van der Waals surface area contributed by atoms with Crippen molar-refractivity contribution in [2.75, 3.05) is 72.4 Å². The third-order valence-corrected chi connectivity index (χ3v) is 6.34. The largest absolute Gasteiger partial charge is 0.494 e. The molecule has 8 nitrogen and oxygen atoms in total. The lowest BCUT2D eigenvalue weighted by Crippen LogP contribution is -2.44. The normalized spacial score (nSPS) is 15.8. The molecule has 1 aliphatic heterocycles. The molecule has 0 amide bonds. The first-order chi connectivity index (χ1) is 13.6. The van der Waals surface area contributed by atoms with E-state index in [4.69, 9.17) is 19.3 Å². The number of aliphatic hydroxyl groups is 1. The summed E-state index contributed by atoms with van der Waals surface area (Å²) in [6.07, 6.45) is 0.892. The van der Waals surface area contributed by atoms with Crippen LogP contribution in [0.2, 0.25) is 0 Å². The highest BCUT2D eigenvalue weighted by Gasteiger charge is 2.25. The van der Waals surface area contributed by atoms with Gasteiger partial charge in [-0.25, -0.2) is 8.42 Å². The number of sulfonamides is 1. The van der Waals surface area contributed by atoms with Crippen molar-refractivity contribution >= 4 is 10.0 Å². The molecule has 1 fully saturated rings. The number of nitrogens with zero attached hydrogens (tertiary/aromatic N) is 2. The number of rotatable bonds is 13. The van der Waals surface area contributed by atoms with E-state index in [1.54, 1.807) is 24.3 Å². The molecule has 1 N–H and O–H groups in total. The third-order valence-electron chi connectivity index (χ3n) is 4.42. The number of morpholine rings is 1. The van der Waals surface area contributed by atoms with E-state index in [9.17, 15) is 8.42 Å². The Morgan fingerprint density at radius 3 is 2.46 bits per heavy atom. The molecule has 0 unspecified atom stereocenters. The van der Waals surface area contributed by atoms with Gasteiger partial charge in [-0.1, -0.05) is 6.92 Å². The standard InChI is InChI=1S/C19H32N2O6S/c1-2-13-27-18-3-5-19(6-4-18)28(23,24)21(11-16-26-17-12-22)8-7-20-9-14-25-15-10-20/h3-6,22H,2,7-17H2,1H3. The number of aliphatic hydroxyl groups excluding tert-OH is 1. The highest BCUT2D eigenvalue weighted by Crippen LogP contribution is 2.20. The van der Waals surface area contributed by atoms with Crippen LogP contribution in [0.25, 0.3) is 0 Å². The van der Waals surface area contributed by atoms with E-state index in [1.165, 1.54) is 4.31 Å². The van der Waals surface area contributed by atoms with E-state index in [0.29, 0.717) is 38.7 Å². The highest BCUT2D eigenvalue weighted by atomic mass is 32.2. The Balaban J connectivity index is 2.04. The number of hydrogen-bond donors (Lipinski definition) is 1. The Kier molecular flexibility index (Phi) is 10.2. The van der Waals surface area contributed by atoms with E-state index in [-0.39, 0.29) is 31.3 Å². The van der Waals surface area contributed by atoms with Crippen LogP contribution in [0.15, 0.2) is 29.2 Å². The number of hydrogen-bond acceptors (Lipinski definition) is 7. The fourth-order valence-electron chi connectivity index (χ4n) is 2.84. The SMILES string of the molecule is CCCOc1ccc(S(=O)(=O)N(CCOCCO)CCN2CCOCC2)cc1. The molecule has 0 aliphatic carbocycles. The van der Waals surface area contributed by atoms with Crippen LogP contribution >= 0.6 is 0 Å². The van der Waals surface area contributed by atoms with Crippen LogP contribution in [0.5, 0.6) is 5.75 Å². The predicted octanol–water partition coefficient (Wildman–Crippen LogP) is 0.807. The molecule has 1 saturated heterocycles. The van der Waals surface area contributed by atoms with Gasteiger partial charge in [0.2, 0.25) is 10.0 Å². The molecule has 1 aromatic carbocycles. The van der Waals surface area contributed by atoms with E-state index < -0.39 is 10.0 Å². The molecule has 0 spiro atoms. The third kappa shape index (κ3) is 7.31. The minimum atomic E-state index is -3.65. The fraction of sp³-hybridized carbons (Fsp3) is 0.684. The summed E-state index contributed by atoms with van der Waals surface area (Å²) in [7, 11) is -3.65.